The molecule has 0 radical (unpaired) electrons. The third-order valence-corrected chi connectivity index (χ3v) is 2.88. The highest BCUT2D eigenvalue weighted by atomic mass is 19.1. The molecule has 0 saturated heterocycles. The van der Waals surface area contributed by atoms with Crippen molar-refractivity contribution in [3.8, 4) is 0 Å². The quantitative estimate of drug-likeness (QED) is 0.780. The van der Waals surface area contributed by atoms with Crippen LogP contribution in [0.25, 0.3) is 0 Å². The molecule has 0 atom stereocenters. The number of hydrogen-bond acceptors (Lipinski definition) is 4. The number of carbonyl (C=O) groups excluding carboxylic acids is 2. The zero-order chi connectivity index (χ0) is 15.8. The van der Waals surface area contributed by atoms with E-state index in [1.54, 1.807) is 4.90 Å². The second kappa shape index (κ2) is 8.31. The molecule has 21 heavy (non-hydrogen) atoms. The Bertz CT molecular complexity index is 509. The number of carbonyl (C=O) groups is 2. The summed E-state index contributed by atoms with van der Waals surface area (Å²) >= 11 is 0. The third-order valence-electron chi connectivity index (χ3n) is 2.88. The summed E-state index contributed by atoms with van der Waals surface area (Å²) in [6.45, 7) is 2.69. The molecule has 0 aliphatic rings. The number of halogens is 2. The minimum Gasteiger partial charge on any atom is -0.469 e. The van der Waals surface area contributed by atoms with E-state index in [1.807, 2.05) is 6.92 Å². The van der Waals surface area contributed by atoms with Gasteiger partial charge in [-0.05, 0) is 18.7 Å². The van der Waals surface area contributed by atoms with Gasteiger partial charge in [-0.15, -0.1) is 0 Å². The minimum atomic E-state index is -0.706. The lowest BCUT2D eigenvalue weighted by Gasteiger charge is -2.19. The number of nitrogens with zero attached hydrogens (tertiary/aromatic N) is 1. The number of likely N-dealkylation sites (N-methyl/N-ethyl adjacent to an activating group) is 1. The van der Waals surface area contributed by atoms with Gasteiger partial charge in [-0.25, -0.2) is 8.78 Å². The molecular formula is C14H18F2N2O3. The molecule has 0 bridgehead atoms. The molecule has 0 fully saturated rings. The predicted molar refractivity (Wildman–Crippen MR) is 73.7 cm³/mol. The molecule has 7 heteroatoms. The fraction of sp³-hybridized carbons (Fsp3) is 0.429. The highest BCUT2D eigenvalue weighted by molar-refractivity contribution is 5.92. The van der Waals surface area contributed by atoms with Gasteiger partial charge in [0.2, 0.25) is 5.91 Å². The summed E-state index contributed by atoms with van der Waals surface area (Å²) < 4.78 is 30.9. The summed E-state index contributed by atoms with van der Waals surface area (Å²) in [7, 11) is 1.29. The van der Waals surface area contributed by atoms with Crippen molar-refractivity contribution in [3.05, 3.63) is 29.8 Å². The number of rotatable bonds is 7. The third kappa shape index (κ3) is 5.86. The lowest BCUT2D eigenvalue weighted by Crippen LogP contribution is -2.35. The molecule has 0 aliphatic heterocycles. The van der Waals surface area contributed by atoms with Crippen molar-refractivity contribution in [3.63, 3.8) is 0 Å². The Morgan fingerprint density at radius 2 is 2.05 bits per heavy atom. The van der Waals surface area contributed by atoms with Gasteiger partial charge in [0, 0.05) is 12.6 Å². The molecule has 0 aliphatic carbocycles. The van der Waals surface area contributed by atoms with Gasteiger partial charge >= 0.3 is 5.97 Å². The summed E-state index contributed by atoms with van der Waals surface area (Å²) in [5, 5.41) is 2.31. The van der Waals surface area contributed by atoms with E-state index in [0.717, 1.165) is 18.2 Å². The number of amides is 1. The van der Waals surface area contributed by atoms with Crippen molar-refractivity contribution in [1.82, 2.24) is 4.90 Å². The van der Waals surface area contributed by atoms with E-state index in [1.165, 1.54) is 7.11 Å². The van der Waals surface area contributed by atoms with E-state index >= 15 is 0 Å². The number of anilines is 1. The fourth-order valence-electron chi connectivity index (χ4n) is 1.69. The maximum Gasteiger partial charge on any atom is 0.306 e. The van der Waals surface area contributed by atoms with Crippen LogP contribution < -0.4 is 5.32 Å². The molecule has 1 aromatic rings. The normalized spacial score (nSPS) is 10.5. The molecule has 1 aromatic carbocycles. The van der Waals surface area contributed by atoms with Gasteiger partial charge in [-0.1, -0.05) is 6.92 Å². The first-order chi connectivity index (χ1) is 9.96. The van der Waals surface area contributed by atoms with E-state index in [9.17, 15) is 18.4 Å². The van der Waals surface area contributed by atoms with Crippen molar-refractivity contribution in [2.75, 3.05) is 32.1 Å². The molecule has 1 N–H and O–H groups in total. The lowest BCUT2D eigenvalue weighted by atomic mass is 10.3. The Labute approximate surface area is 121 Å². The van der Waals surface area contributed by atoms with E-state index in [4.69, 9.17) is 0 Å². The average molecular weight is 300 g/mol. The molecule has 1 rings (SSSR count). The van der Waals surface area contributed by atoms with E-state index in [0.29, 0.717) is 13.1 Å². The standard InChI is InChI=1S/C14H18F2N2O3/c1-3-18(7-6-14(20)21-2)9-13(19)17-12-8-10(15)4-5-11(12)16/h4-5,8H,3,6-7,9H2,1-2H3,(H,17,19). The summed E-state index contributed by atoms with van der Waals surface area (Å²) in [5.74, 6) is -2.19. The van der Waals surface area contributed by atoms with E-state index in [-0.39, 0.29) is 24.6 Å². The number of methoxy groups -OCH3 is 1. The largest absolute Gasteiger partial charge is 0.469 e. The average Bonchev–Trinajstić information content (AvgIpc) is 2.46. The fourth-order valence-corrected chi connectivity index (χ4v) is 1.69. The molecule has 0 spiro atoms. The number of hydrogen-bond donors (Lipinski definition) is 1. The topological polar surface area (TPSA) is 58.6 Å². The SMILES string of the molecule is CCN(CCC(=O)OC)CC(=O)Nc1cc(F)ccc1F. The molecule has 5 nitrogen and oxygen atoms in total. The summed E-state index contributed by atoms with van der Waals surface area (Å²) in [6.07, 6.45) is 0.159. The smallest absolute Gasteiger partial charge is 0.306 e. The Kier molecular flexibility index (Phi) is 6.74. The minimum absolute atomic E-state index is 0.0244. The maximum atomic E-state index is 13.4. The zero-order valence-electron chi connectivity index (χ0n) is 12.0. The maximum absolute atomic E-state index is 13.4. The van der Waals surface area contributed by atoms with E-state index < -0.39 is 17.5 Å². The molecular weight excluding hydrogens is 282 g/mol. The van der Waals surface area contributed by atoms with Crippen LogP contribution in [-0.2, 0) is 14.3 Å². The van der Waals surface area contributed by atoms with Crippen LogP contribution in [0.5, 0.6) is 0 Å². The van der Waals surface area contributed by atoms with Crippen LogP contribution in [0.4, 0.5) is 14.5 Å². The summed E-state index contributed by atoms with van der Waals surface area (Å²) in [5.41, 5.74) is -0.205. The van der Waals surface area contributed by atoms with Crippen LogP contribution in [0.1, 0.15) is 13.3 Å². The molecule has 0 saturated carbocycles. The van der Waals surface area contributed by atoms with Crippen LogP contribution in [0.2, 0.25) is 0 Å². The second-order valence-electron chi connectivity index (χ2n) is 4.37. The predicted octanol–water partition coefficient (Wildman–Crippen LogP) is 1.79. The van der Waals surface area contributed by atoms with Gasteiger partial charge in [-0.3, -0.25) is 14.5 Å². The van der Waals surface area contributed by atoms with Crippen molar-refractivity contribution in [1.29, 1.82) is 0 Å². The van der Waals surface area contributed by atoms with Gasteiger partial charge in [-0.2, -0.15) is 0 Å². The van der Waals surface area contributed by atoms with Crippen molar-refractivity contribution in [2.45, 2.75) is 13.3 Å². The van der Waals surface area contributed by atoms with E-state index in [2.05, 4.69) is 10.1 Å². The monoisotopic (exact) mass is 300 g/mol. The molecule has 0 unspecified atom stereocenters. The number of nitrogens with one attached hydrogen (secondary N) is 1. The van der Waals surface area contributed by atoms with Crippen molar-refractivity contribution in [2.24, 2.45) is 0 Å². The first-order valence-electron chi connectivity index (χ1n) is 6.50. The summed E-state index contributed by atoms with van der Waals surface area (Å²) in [6, 6.07) is 2.83. The van der Waals surface area contributed by atoms with Crippen LogP contribution in [0, 0.1) is 11.6 Å². The van der Waals surface area contributed by atoms with Gasteiger partial charge in [0.05, 0.1) is 25.8 Å². The number of esters is 1. The Hall–Kier alpha value is -2.02. The molecule has 1 amide bonds. The number of ether oxygens (including phenoxy) is 1. The Morgan fingerprint density at radius 1 is 1.33 bits per heavy atom. The first-order valence-corrected chi connectivity index (χ1v) is 6.50. The Morgan fingerprint density at radius 3 is 2.67 bits per heavy atom. The number of benzene rings is 1. The molecule has 0 aromatic heterocycles. The van der Waals surface area contributed by atoms with Crippen LogP contribution in [0.3, 0.4) is 0 Å². The van der Waals surface area contributed by atoms with Crippen molar-refractivity contribution < 1.29 is 23.1 Å². The molecule has 116 valence electrons. The Balaban J connectivity index is 2.54. The van der Waals surface area contributed by atoms with Crippen LogP contribution in [-0.4, -0.2) is 43.5 Å². The first kappa shape index (κ1) is 17.0. The van der Waals surface area contributed by atoms with Gasteiger partial charge in [0.1, 0.15) is 11.6 Å². The molecule has 0 heterocycles. The second-order valence-corrected chi connectivity index (χ2v) is 4.37. The highest BCUT2D eigenvalue weighted by Gasteiger charge is 2.13. The van der Waals surface area contributed by atoms with Gasteiger partial charge < -0.3 is 10.1 Å². The van der Waals surface area contributed by atoms with Crippen LogP contribution >= 0.6 is 0 Å². The van der Waals surface area contributed by atoms with Crippen molar-refractivity contribution >= 4 is 17.6 Å². The lowest BCUT2D eigenvalue weighted by molar-refractivity contribution is -0.141. The zero-order valence-corrected chi connectivity index (χ0v) is 12.0. The highest BCUT2D eigenvalue weighted by Crippen LogP contribution is 2.15. The van der Waals surface area contributed by atoms with Gasteiger partial charge in [0.25, 0.3) is 0 Å². The summed E-state index contributed by atoms with van der Waals surface area (Å²) in [4.78, 5) is 24.5. The van der Waals surface area contributed by atoms with Crippen LogP contribution in [0.15, 0.2) is 18.2 Å². The van der Waals surface area contributed by atoms with Gasteiger partial charge in [0.15, 0.2) is 0 Å².